The monoisotopic (exact) mass is 254 g/mol. The van der Waals surface area contributed by atoms with Gasteiger partial charge < -0.3 is 15.1 Å². The molecular formula is C11H11FN2O4. The summed E-state index contributed by atoms with van der Waals surface area (Å²) in [6.07, 6.45) is 0.181. The molecule has 2 atom stereocenters. The van der Waals surface area contributed by atoms with Crippen LogP contribution in [0.2, 0.25) is 0 Å². The first-order valence-corrected chi connectivity index (χ1v) is 5.32. The van der Waals surface area contributed by atoms with Gasteiger partial charge in [-0.1, -0.05) is 0 Å². The lowest BCUT2D eigenvalue weighted by molar-refractivity contribution is -0.141. The Labute approximate surface area is 102 Å². The summed E-state index contributed by atoms with van der Waals surface area (Å²) < 4.78 is 12.6. The third kappa shape index (κ3) is 2.30. The summed E-state index contributed by atoms with van der Waals surface area (Å²) in [5.41, 5.74) is 0.0942. The van der Waals surface area contributed by atoms with Gasteiger partial charge in [0, 0.05) is 19.2 Å². The van der Waals surface area contributed by atoms with Crippen molar-refractivity contribution in [1.29, 1.82) is 0 Å². The number of carboxylic acid groups (broad SMARTS) is 1. The van der Waals surface area contributed by atoms with Gasteiger partial charge in [0.2, 0.25) is 5.95 Å². The minimum atomic E-state index is -1.17. The van der Waals surface area contributed by atoms with Gasteiger partial charge in [-0.3, -0.25) is 4.79 Å². The topological polar surface area (TPSA) is 90.7 Å². The summed E-state index contributed by atoms with van der Waals surface area (Å²) >= 11 is 0. The van der Waals surface area contributed by atoms with E-state index in [1.165, 1.54) is 6.07 Å². The molecule has 0 aliphatic carbocycles. The van der Waals surface area contributed by atoms with E-state index in [0.29, 0.717) is 0 Å². The number of aliphatic hydroxyl groups is 1. The van der Waals surface area contributed by atoms with Crippen LogP contribution in [0, 0.1) is 5.95 Å². The minimum absolute atomic E-state index is 0.00427. The lowest BCUT2D eigenvalue weighted by atomic mass is 10.2. The first-order valence-electron chi connectivity index (χ1n) is 5.32. The molecule has 1 saturated heterocycles. The lowest BCUT2D eigenvalue weighted by Gasteiger charge is -2.20. The molecule has 1 fully saturated rings. The van der Waals surface area contributed by atoms with Gasteiger partial charge in [-0.25, -0.2) is 9.78 Å². The summed E-state index contributed by atoms with van der Waals surface area (Å²) in [6.45, 7) is -0.0484. The zero-order valence-electron chi connectivity index (χ0n) is 9.28. The van der Waals surface area contributed by atoms with Crippen molar-refractivity contribution in [3.8, 4) is 0 Å². The standard InChI is InChI=1S/C11H11FN2O4/c12-9-2-1-6(4-13-9)10(16)14-5-7(15)3-8(14)11(17)18/h1-2,4,7-8,15H,3,5H2,(H,17,18). The zero-order chi connectivity index (χ0) is 13.3. The molecule has 7 heteroatoms. The van der Waals surface area contributed by atoms with Crippen molar-refractivity contribution < 1.29 is 24.2 Å². The highest BCUT2D eigenvalue weighted by molar-refractivity contribution is 5.96. The molecule has 1 aromatic rings. The lowest BCUT2D eigenvalue weighted by Crippen LogP contribution is -2.40. The van der Waals surface area contributed by atoms with Gasteiger partial charge in [0.05, 0.1) is 11.7 Å². The maximum atomic E-state index is 12.6. The number of rotatable bonds is 2. The molecule has 0 bridgehead atoms. The van der Waals surface area contributed by atoms with Crippen LogP contribution in [0.25, 0.3) is 0 Å². The smallest absolute Gasteiger partial charge is 0.326 e. The summed E-state index contributed by atoms with van der Waals surface area (Å²) in [4.78, 5) is 27.4. The number of amides is 1. The molecular weight excluding hydrogens is 243 g/mol. The maximum absolute atomic E-state index is 12.6. The number of aliphatic carboxylic acids is 1. The molecule has 1 amide bonds. The number of halogens is 1. The Morgan fingerprint density at radius 1 is 1.44 bits per heavy atom. The Kier molecular flexibility index (Phi) is 3.24. The average Bonchev–Trinajstić information content (AvgIpc) is 2.71. The molecule has 6 nitrogen and oxygen atoms in total. The van der Waals surface area contributed by atoms with Crippen LogP contribution >= 0.6 is 0 Å². The summed E-state index contributed by atoms with van der Waals surface area (Å²) in [5, 5.41) is 18.4. The van der Waals surface area contributed by atoms with Crippen LogP contribution in [0.1, 0.15) is 16.8 Å². The van der Waals surface area contributed by atoms with Crippen LogP contribution in [-0.2, 0) is 4.79 Å². The fourth-order valence-corrected chi connectivity index (χ4v) is 1.94. The first kappa shape index (κ1) is 12.4. The van der Waals surface area contributed by atoms with E-state index in [9.17, 15) is 19.1 Å². The Morgan fingerprint density at radius 2 is 2.17 bits per heavy atom. The van der Waals surface area contributed by atoms with Crippen LogP contribution in [0.3, 0.4) is 0 Å². The minimum Gasteiger partial charge on any atom is -0.480 e. The van der Waals surface area contributed by atoms with Crippen molar-refractivity contribution >= 4 is 11.9 Å². The number of aromatic nitrogens is 1. The SMILES string of the molecule is O=C(O)C1CC(O)CN1C(=O)c1ccc(F)nc1. The molecule has 2 heterocycles. The van der Waals surface area contributed by atoms with Crippen molar-refractivity contribution in [2.24, 2.45) is 0 Å². The number of carboxylic acids is 1. The van der Waals surface area contributed by atoms with E-state index in [0.717, 1.165) is 17.2 Å². The van der Waals surface area contributed by atoms with E-state index in [4.69, 9.17) is 5.11 Å². The molecule has 0 saturated carbocycles. The number of nitrogens with zero attached hydrogens (tertiary/aromatic N) is 2. The van der Waals surface area contributed by atoms with Gasteiger partial charge in [0.1, 0.15) is 6.04 Å². The highest BCUT2D eigenvalue weighted by Gasteiger charge is 2.39. The van der Waals surface area contributed by atoms with Crippen molar-refractivity contribution in [2.75, 3.05) is 6.54 Å². The number of carbonyl (C=O) groups is 2. The second-order valence-electron chi connectivity index (χ2n) is 4.07. The van der Waals surface area contributed by atoms with Gasteiger partial charge in [-0.15, -0.1) is 0 Å². The molecule has 0 spiro atoms. The second-order valence-corrected chi connectivity index (χ2v) is 4.07. The predicted molar refractivity (Wildman–Crippen MR) is 57.3 cm³/mol. The number of hydrogen-bond donors (Lipinski definition) is 2. The number of pyridine rings is 1. The molecule has 2 N–H and O–H groups in total. The summed E-state index contributed by atoms with van der Waals surface area (Å²) in [5.74, 6) is -2.47. The van der Waals surface area contributed by atoms with Gasteiger partial charge >= 0.3 is 5.97 Å². The van der Waals surface area contributed by atoms with E-state index in [1.54, 1.807) is 0 Å². The van der Waals surface area contributed by atoms with Crippen LogP contribution in [-0.4, -0.2) is 50.7 Å². The largest absolute Gasteiger partial charge is 0.480 e. The Morgan fingerprint density at radius 3 is 2.72 bits per heavy atom. The number of carbonyl (C=O) groups excluding carboxylic acids is 1. The van der Waals surface area contributed by atoms with Crippen molar-refractivity contribution in [1.82, 2.24) is 9.88 Å². The molecule has 2 unspecified atom stereocenters. The molecule has 1 aliphatic heterocycles. The second kappa shape index (κ2) is 4.69. The van der Waals surface area contributed by atoms with E-state index >= 15 is 0 Å². The van der Waals surface area contributed by atoms with Crippen molar-refractivity contribution in [3.63, 3.8) is 0 Å². The fraction of sp³-hybridized carbons (Fsp3) is 0.364. The van der Waals surface area contributed by atoms with Gasteiger partial charge in [0.25, 0.3) is 5.91 Å². The molecule has 18 heavy (non-hydrogen) atoms. The number of hydrogen-bond acceptors (Lipinski definition) is 4. The highest BCUT2D eigenvalue weighted by atomic mass is 19.1. The fourth-order valence-electron chi connectivity index (χ4n) is 1.94. The van der Waals surface area contributed by atoms with Crippen LogP contribution in [0.5, 0.6) is 0 Å². The number of β-amino-alcohol motifs (C(OH)–C–C–N with tert-alkyl or cyclic N) is 1. The molecule has 2 rings (SSSR count). The highest BCUT2D eigenvalue weighted by Crippen LogP contribution is 2.20. The Balaban J connectivity index is 2.22. The number of aliphatic hydroxyl groups excluding tert-OH is 1. The predicted octanol–water partition coefficient (Wildman–Crippen LogP) is -0.119. The van der Waals surface area contributed by atoms with Crippen molar-refractivity contribution in [3.05, 3.63) is 29.8 Å². The average molecular weight is 254 g/mol. The number of likely N-dealkylation sites (tertiary alicyclic amines) is 1. The van der Waals surface area contributed by atoms with Gasteiger partial charge in [-0.2, -0.15) is 4.39 Å². The maximum Gasteiger partial charge on any atom is 0.326 e. The van der Waals surface area contributed by atoms with E-state index in [2.05, 4.69) is 4.98 Å². The molecule has 0 radical (unpaired) electrons. The van der Waals surface area contributed by atoms with E-state index in [1.807, 2.05) is 0 Å². The quantitative estimate of drug-likeness (QED) is 0.718. The van der Waals surface area contributed by atoms with Crippen LogP contribution < -0.4 is 0 Å². The Bertz CT molecular complexity index is 476. The van der Waals surface area contributed by atoms with Crippen LogP contribution in [0.15, 0.2) is 18.3 Å². The third-order valence-corrected chi connectivity index (χ3v) is 2.80. The van der Waals surface area contributed by atoms with Gasteiger partial charge in [0.15, 0.2) is 0 Å². The zero-order valence-corrected chi connectivity index (χ0v) is 9.28. The van der Waals surface area contributed by atoms with E-state index in [-0.39, 0.29) is 18.5 Å². The van der Waals surface area contributed by atoms with Gasteiger partial charge in [-0.05, 0) is 12.1 Å². The molecule has 1 aliphatic rings. The Hall–Kier alpha value is -2.02. The summed E-state index contributed by atoms with van der Waals surface area (Å²) in [7, 11) is 0. The van der Waals surface area contributed by atoms with E-state index < -0.39 is 30.0 Å². The van der Waals surface area contributed by atoms with Crippen molar-refractivity contribution in [2.45, 2.75) is 18.6 Å². The first-order chi connectivity index (χ1) is 8.49. The molecule has 96 valence electrons. The molecule has 1 aromatic heterocycles. The molecule has 0 aromatic carbocycles. The normalized spacial score (nSPS) is 23.1. The third-order valence-electron chi connectivity index (χ3n) is 2.80. The summed E-state index contributed by atoms with van der Waals surface area (Å²) in [6, 6.07) is 1.20. The van der Waals surface area contributed by atoms with Crippen LogP contribution in [0.4, 0.5) is 4.39 Å².